The lowest BCUT2D eigenvalue weighted by molar-refractivity contribution is -0.149. The van der Waals surface area contributed by atoms with Crippen molar-refractivity contribution in [3.05, 3.63) is 261 Å². The summed E-state index contributed by atoms with van der Waals surface area (Å²) in [6.07, 6.45) is 3.53. The van der Waals surface area contributed by atoms with Gasteiger partial charge >= 0.3 is 23.9 Å². The summed E-state index contributed by atoms with van der Waals surface area (Å²) in [5, 5.41) is 21.0. The van der Waals surface area contributed by atoms with Crippen LogP contribution in [-0.4, -0.2) is 128 Å². The molecule has 15 heteroatoms. The predicted octanol–water partition coefficient (Wildman–Crippen LogP) is 23.6. The minimum absolute atomic E-state index is 0.00473. The van der Waals surface area contributed by atoms with Crippen LogP contribution in [0.4, 0.5) is 0 Å². The molecule has 0 aromatic heterocycles. The van der Waals surface area contributed by atoms with Gasteiger partial charge in [0.15, 0.2) is 0 Å². The van der Waals surface area contributed by atoms with Crippen LogP contribution in [0.2, 0.25) is 0 Å². The lowest BCUT2D eigenvalue weighted by Gasteiger charge is -2.36. The Hall–Kier alpha value is -8.96. The van der Waals surface area contributed by atoms with Crippen molar-refractivity contribution in [2.24, 2.45) is 29.6 Å². The molecule has 2 N–H and O–H groups in total. The predicted molar refractivity (Wildman–Crippen MR) is 497 cm³/mol. The van der Waals surface area contributed by atoms with E-state index in [1.165, 1.54) is 16.7 Å². The quantitative estimate of drug-likeness (QED) is 0.0273. The molecule has 0 saturated carbocycles. The monoisotopic (exact) mass is 1660 g/mol. The molecule has 0 bridgehead atoms. The van der Waals surface area contributed by atoms with Crippen molar-refractivity contribution in [1.82, 2.24) is 19.6 Å². The smallest absolute Gasteiger partial charge is 0.313 e. The van der Waals surface area contributed by atoms with Gasteiger partial charge in [-0.25, -0.2) is 0 Å². The van der Waals surface area contributed by atoms with Crippen molar-refractivity contribution >= 4 is 23.9 Å². The van der Waals surface area contributed by atoms with E-state index in [2.05, 4.69) is 228 Å². The number of rotatable bonds is 43. The second-order valence-electron chi connectivity index (χ2n) is 36.2. The second-order valence-corrected chi connectivity index (χ2v) is 36.2. The summed E-state index contributed by atoms with van der Waals surface area (Å²) in [6, 6.07) is 68.9. The highest BCUT2D eigenvalue weighted by Crippen LogP contribution is 2.42. The number of phenolic OH excluding ortho intramolecular Hbond substituents is 1. The fourth-order valence-electron chi connectivity index (χ4n) is 15.9. The molecular weight excluding hydrogens is 1510 g/mol. The Morgan fingerprint density at radius 2 is 0.562 bits per heavy atom. The molecular formula is C106H150N4O11. The third-order valence-electron chi connectivity index (χ3n) is 23.1. The van der Waals surface area contributed by atoms with Gasteiger partial charge in [0.25, 0.3) is 0 Å². The topological polar surface area (TPSA) is 168 Å². The molecule has 0 heterocycles. The first-order valence-corrected chi connectivity index (χ1v) is 44.9. The highest BCUT2D eigenvalue weighted by atomic mass is 16.5. The highest BCUT2D eigenvalue weighted by Gasteiger charge is 2.31. The largest absolute Gasteiger partial charge is 0.508 e. The Morgan fingerprint density at radius 3 is 0.868 bits per heavy atom. The number of phenols is 1. The van der Waals surface area contributed by atoms with Gasteiger partial charge in [0.1, 0.15) is 42.8 Å². The van der Waals surface area contributed by atoms with Gasteiger partial charge in [-0.3, -0.25) is 38.8 Å². The van der Waals surface area contributed by atoms with E-state index in [0.717, 1.165) is 108 Å². The summed E-state index contributed by atoms with van der Waals surface area (Å²) < 4.78 is 29.7. The van der Waals surface area contributed by atoms with Gasteiger partial charge in [0.05, 0.1) is 30.3 Å². The van der Waals surface area contributed by atoms with E-state index in [1.807, 2.05) is 152 Å². The summed E-state index contributed by atoms with van der Waals surface area (Å²) in [6.45, 7) is 57.3. The Balaban J connectivity index is 0.000000300. The van der Waals surface area contributed by atoms with Gasteiger partial charge in [-0.15, -0.1) is 0 Å². The van der Waals surface area contributed by atoms with Gasteiger partial charge < -0.3 is 33.9 Å². The van der Waals surface area contributed by atoms with Crippen molar-refractivity contribution < 1.29 is 53.1 Å². The Morgan fingerprint density at radius 1 is 0.298 bits per heavy atom. The minimum atomic E-state index is -0.261. The van der Waals surface area contributed by atoms with Gasteiger partial charge in [-0.1, -0.05) is 215 Å². The molecule has 0 aliphatic heterocycles. The zero-order chi connectivity index (χ0) is 89.3. The number of esters is 4. The standard InChI is InChI=1S/C50H70N2O4.C30H43NO4.C26H37NO3/c1-34(2)39(11)52(38(9)10)29-27-44(42-18-14-12-15-19-42)46-30-40(32-53)22-24-48(46)55-33-41-23-25-49(56-50(54)35(3)4)47(31-41)45(43-20-16-13-17-21-43)26-28-51(36(5)6)37(7)8;1-20(2)29(32)34-19-24-14-15-28(35-30(33)21(3)4)27(18-24)26(25-12-10-9-11-13-25)16-17-31(22(5)6)23(7)8;1-18(2)26(29)30-17-21-12-13-25(28)24(16-21)23(22-10-8-7-9-11-22)14-15-27(19(3)4)20(5)6/h12-25,30-31,34-39,44-45,53H,26-29,32-33H2,1-11H3;9-15,18,20-23,26H,16-17,19H2,1-8H3;7-13,16,18-20,23,28H,14-15,17H2,1-6H3/t39?,44-,45-;26-;23-/m111/s1. The van der Waals surface area contributed by atoms with Gasteiger partial charge in [0, 0.05) is 94.3 Å². The number of aromatic hydroxyl groups is 1. The van der Waals surface area contributed by atoms with E-state index in [0.29, 0.717) is 72.4 Å². The molecule has 8 rings (SSSR count). The van der Waals surface area contributed by atoms with E-state index < -0.39 is 0 Å². The normalized spacial score (nSPS) is 13.1. The van der Waals surface area contributed by atoms with Crippen LogP contribution in [0.5, 0.6) is 23.0 Å². The van der Waals surface area contributed by atoms with Crippen molar-refractivity contribution in [3.8, 4) is 23.0 Å². The first-order valence-electron chi connectivity index (χ1n) is 44.9. The molecule has 0 amide bonds. The lowest BCUT2D eigenvalue weighted by Crippen LogP contribution is -2.42. The summed E-state index contributed by atoms with van der Waals surface area (Å²) in [5.41, 5.74) is 12.3. The Bertz CT molecular complexity index is 4340. The molecule has 0 aliphatic carbocycles. The third kappa shape index (κ3) is 31.7. The van der Waals surface area contributed by atoms with Crippen molar-refractivity contribution in [2.45, 2.75) is 297 Å². The molecule has 0 fully saturated rings. The summed E-state index contributed by atoms with van der Waals surface area (Å²) in [4.78, 5) is 59.6. The van der Waals surface area contributed by atoms with Crippen LogP contribution < -0.4 is 14.2 Å². The molecule has 8 aromatic rings. The molecule has 0 spiro atoms. The highest BCUT2D eigenvalue weighted by molar-refractivity contribution is 5.76. The Labute approximate surface area is 729 Å². The molecule has 0 radical (unpaired) electrons. The molecule has 1 unspecified atom stereocenters. The van der Waals surface area contributed by atoms with Gasteiger partial charge in [-0.05, 0) is 255 Å². The number of ether oxygens (including phenoxy) is 5. The number of nitrogens with zero attached hydrogens (tertiary/aromatic N) is 4. The van der Waals surface area contributed by atoms with Crippen LogP contribution in [0.25, 0.3) is 0 Å². The maximum Gasteiger partial charge on any atom is 0.313 e. The maximum atomic E-state index is 13.1. The lowest BCUT2D eigenvalue weighted by atomic mass is 9.86. The summed E-state index contributed by atoms with van der Waals surface area (Å²) in [7, 11) is 0. The number of carbonyl (C=O) groups is 4. The number of hydrogen-bond acceptors (Lipinski definition) is 15. The first-order chi connectivity index (χ1) is 57.4. The van der Waals surface area contributed by atoms with Crippen LogP contribution in [-0.2, 0) is 55.1 Å². The fraction of sp³-hybridized carbons (Fsp3) is 0.509. The van der Waals surface area contributed by atoms with Gasteiger partial charge in [-0.2, -0.15) is 0 Å². The van der Waals surface area contributed by atoms with Crippen molar-refractivity contribution in [2.75, 3.05) is 26.2 Å². The van der Waals surface area contributed by atoms with Gasteiger partial charge in [0.2, 0.25) is 0 Å². The molecule has 15 nitrogen and oxygen atoms in total. The fourth-order valence-corrected chi connectivity index (χ4v) is 15.9. The average molecular weight is 1660 g/mol. The average Bonchev–Trinajstić information content (AvgIpc) is 0.815. The van der Waals surface area contributed by atoms with Crippen LogP contribution in [0.3, 0.4) is 0 Å². The van der Waals surface area contributed by atoms with Crippen LogP contribution >= 0.6 is 0 Å². The number of hydrogen-bond donors (Lipinski definition) is 2. The molecule has 8 aromatic carbocycles. The minimum Gasteiger partial charge on any atom is -0.508 e. The number of aliphatic hydroxyl groups excluding tert-OH is 1. The van der Waals surface area contributed by atoms with E-state index in [9.17, 15) is 29.4 Å². The van der Waals surface area contributed by atoms with Crippen molar-refractivity contribution in [1.29, 1.82) is 0 Å². The van der Waals surface area contributed by atoms with E-state index in [4.69, 9.17) is 23.7 Å². The zero-order valence-corrected chi connectivity index (χ0v) is 78.1. The molecule has 0 aliphatic rings. The third-order valence-corrected chi connectivity index (χ3v) is 23.1. The van der Waals surface area contributed by atoms with Crippen LogP contribution in [0.15, 0.2) is 194 Å². The number of benzene rings is 8. The van der Waals surface area contributed by atoms with E-state index in [1.54, 1.807) is 6.07 Å². The summed E-state index contributed by atoms with van der Waals surface area (Å²) in [5.74, 6) is 1.18. The Kier molecular flexibility index (Phi) is 42.2. The number of aliphatic hydroxyl groups is 1. The van der Waals surface area contributed by atoms with Crippen molar-refractivity contribution in [3.63, 3.8) is 0 Å². The van der Waals surface area contributed by atoms with E-state index in [-0.39, 0.29) is 96.8 Å². The summed E-state index contributed by atoms with van der Waals surface area (Å²) >= 11 is 0. The second kappa shape index (κ2) is 50.6. The maximum absolute atomic E-state index is 13.1. The van der Waals surface area contributed by atoms with Crippen LogP contribution in [0.1, 0.15) is 289 Å². The number of carbonyl (C=O) groups excluding carboxylic acids is 4. The van der Waals surface area contributed by atoms with Crippen LogP contribution in [0, 0.1) is 29.6 Å². The molecule has 5 atom stereocenters. The molecule has 660 valence electrons. The first kappa shape index (κ1) is 101. The zero-order valence-electron chi connectivity index (χ0n) is 78.1. The molecule has 121 heavy (non-hydrogen) atoms. The molecule has 0 saturated heterocycles. The SMILES string of the molecule is CC(C)C(=O)OCc1ccc(O)c([C@H](CCN(C(C)C)C(C)C)c2ccccc2)c1.CC(C)C(=O)OCc1ccc(OC(=O)C(C)C)c([C@H](CCN(C(C)C)C(C)C)c2ccccc2)c1.CC(C)C(=O)Oc1ccc(COc2ccc(CO)cc2[C@H](CCN(C(C)C)C(C)C(C)C)c2ccccc2)cc1[C@H](CCN(C(C)C)C(C)C)c1ccccc1. The van der Waals surface area contributed by atoms with E-state index >= 15 is 0 Å².